The van der Waals surface area contributed by atoms with Gasteiger partial charge in [-0.1, -0.05) is 27.7 Å². The lowest BCUT2D eigenvalue weighted by atomic mass is 10.2. The summed E-state index contributed by atoms with van der Waals surface area (Å²) in [5.41, 5.74) is 0. The number of thiophene rings is 1. The molecule has 0 spiro atoms. The third-order valence-electron chi connectivity index (χ3n) is 3.46. The number of nitrogens with zero attached hydrogens (tertiary/aromatic N) is 1. The van der Waals surface area contributed by atoms with E-state index in [9.17, 15) is 8.42 Å². The van der Waals surface area contributed by atoms with Crippen LogP contribution in [0.5, 0.6) is 0 Å². The van der Waals surface area contributed by atoms with E-state index in [4.69, 9.17) is 0 Å². The normalized spacial score (nSPS) is 16.3. The second-order valence-corrected chi connectivity index (χ2v) is 9.30. The molecule has 4 nitrogen and oxygen atoms in total. The van der Waals surface area contributed by atoms with Gasteiger partial charge in [0.15, 0.2) is 0 Å². The van der Waals surface area contributed by atoms with Crippen molar-refractivity contribution in [2.75, 3.05) is 6.54 Å². The first kappa shape index (κ1) is 16.9. The third kappa shape index (κ3) is 4.28. The molecular weight excluding hydrogens is 304 g/mol. The van der Waals surface area contributed by atoms with Gasteiger partial charge in [-0.3, -0.25) is 0 Å². The summed E-state index contributed by atoms with van der Waals surface area (Å²) in [7, 11) is -3.36. The SMILES string of the molecule is CC(C)CN(C1CC1)S(=O)(=O)c1ccsc1CNC(C)C. The first-order valence-corrected chi connectivity index (χ1v) is 9.96. The van der Waals surface area contributed by atoms with Gasteiger partial charge in [0.1, 0.15) is 0 Å². The minimum absolute atomic E-state index is 0.211. The van der Waals surface area contributed by atoms with E-state index in [-0.39, 0.29) is 6.04 Å². The Balaban J connectivity index is 2.23. The topological polar surface area (TPSA) is 49.4 Å². The smallest absolute Gasteiger partial charge is 0.244 e. The van der Waals surface area contributed by atoms with Gasteiger partial charge in [-0.2, -0.15) is 4.31 Å². The Morgan fingerprint density at radius 1 is 1.33 bits per heavy atom. The van der Waals surface area contributed by atoms with E-state index >= 15 is 0 Å². The minimum atomic E-state index is -3.36. The molecule has 1 heterocycles. The van der Waals surface area contributed by atoms with E-state index in [1.165, 1.54) is 11.3 Å². The molecule has 1 aromatic rings. The van der Waals surface area contributed by atoms with Crippen LogP contribution < -0.4 is 5.32 Å². The molecule has 0 radical (unpaired) electrons. The molecule has 1 aliphatic carbocycles. The fraction of sp³-hybridized carbons (Fsp3) is 0.733. The maximum atomic E-state index is 13.0. The number of hydrogen-bond acceptors (Lipinski definition) is 4. The van der Waals surface area contributed by atoms with Crippen molar-refractivity contribution in [1.29, 1.82) is 0 Å². The average molecular weight is 331 g/mol. The summed E-state index contributed by atoms with van der Waals surface area (Å²) >= 11 is 1.52. The molecule has 21 heavy (non-hydrogen) atoms. The van der Waals surface area contributed by atoms with Crippen LogP contribution in [0, 0.1) is 5.92 Å². The van der Waals surface area contributed by atoms with Gasteiger partial charge in [0.2, 0.25) is 10.0 Å². The average Bonchev–Trinajstić information content (AvgIpc) is 3.09. The highest BCUT2D eigenvalue weighted by Crippen LogP contribution is 2.35. The molecule has 1 N–H and O–H groups in total. The maximum absolute atomic E-state index is 13.0. The van der Waals surface area contributed by atoms with Crippen LogP contribution in [-0.2, 0) is 16.6 Å². The van der Waals surface area contributed by atoms with Crippen LogP contribution in [0.1, 0.15) is 45.4 Å². The number of hydrogen-bond donors (Lipinski definition) is 1. The lowest BCUT2D eigenvalue weighted by Crippen LogP contribution is -2.36. The quantitative estimate of drug-likeness (QED) is 0.797. The van der Waals surface area contributed by atoms with Crippen LogP contribution in [0.15, 0.2) is 16.3 Å². The van der Waals surface area contributed by atoms with E-state index < -0.39 is 10.0 Å². The highest BCUT2D eigenvalue weighted by atomic mass is 32.2. The summed E-state index contributed by atoms with van der Waals surface area (Å²) in [4.78, 5) is 1.41. The van der Waals surface area contributed by atoms with Crippen molar-refractivity contribution in [3.05, 3.63) is 16.3 Å². The molecule has 0 amide bonds. The predicted octanol–water partition coefficient (Wildman–Crippen LogP) is 3.06. The van der Waals surface area contributed by atoms with Gasteiger partial charge >= 0.3 is 0 Å². The van der Waals surface area contributed by atoms with E-state index in [1.54, 1.807) is 10.4 Å². The Morgan fingerprint density at radius 2 is 2.00 bits per heavy atom. The maximum Gasteiger partial charge on any atom is 0.244 e. The number of nitrogens with one attached hydrogen (secondary N) is 1. The summed E-state index contributed by atoms with van der Waals surface area (Å²) in [6.45, 7) is 9.50. The molecule has 0 aliphatic heterocycles. The minimum Gasteiger partial charge on any atom is -0.310 e. The molecule has 0 unspecified atom stereocenters. The Labute approximate surface area is 132 Å². The van der Waals surface area contributed by atoms with Gasteiger partial charge in [0, 0.05) is 30.1 Å². The predicted molar refractivity (Wildman–Crippen MR) is 88.0 cm³/mol. The summed E-state index contributed by atoms with van der Waals surface area (Å²) in [6.07, 6.45) is 1.99. The zero-order valence-electron chi connectivity index (χ0n) is 13.3. The fourth-order valence-electron chi connectivity index (χ4n) is 2.28. The van der Waals surface area contributed by atoms with Gasteiger partial charge in [-0.05, 0) is 30.2 Å². The molecule has 2 rings (SSSR count). The zero-order valence-corrected chi connectivity index (χ0v) is 14.9. The number of rotatable bonds is 8. The van der Waals surface area contributed by atoms with E-state index in [0.29, 0.717) is 29.9 Å². The highest BCUT2D eigenvalue weighted by Gasteiger charge is 2.39. The van der Waals surface area contributed by atoms with Gasteiger partial charge in [-0.15, -0.1) is 11.3 Å². The van der Waals surface area contributed by atoms with Crippen LogP contribution >= 0.6 is 11.3 Å². The Bertz CT molecular complexity index is 560. The standard InChI is InChI=1S/C15H26N2O2S2/c1-11(2)10-17(13-5-6-13)21(18,19)15-7-8-20-14(15)9-16-12(3)4/h7-8,11-13,16H,5-6,9-10H2,1-4H3. The van der Waals surface area contributed by atoms with Crippen molar-refractivity contribution < 1.29 is 8.42 Å². The lowest BCUT2D eigenvalue weighted by Gasteiger charge is -2.24. The first-order valence-electron chi connectivity index (χ1n) is 7.64. The van der Waals surface area contributed by atoms with Gasteiger partial charge in [0.25, 0.3) is 0 Å². The summed E-state index contributed by atoms with van der Waals surface area (Å²) in [6, 6.07) is 2.31. The van der Waals surface area contributed by atoms with Crippen LogP contribution in [0.4, 0.5) is 0 Å². The van der Waals surface area contributed by atoms with Crippen molar-refractivity contribution in [2.24, 2.45) is 5.92 Å². The Kier molecular flexibility index (Phi) is 5.46. The second-order valence-electron chi connectivity index (χ2n) is 6.44. The molecule has 1 aliphatic rings. The second kappa shape index (κ2) is 6.77. The van der Waals surface area contributed by atoms with Crippen LogP contribution in [0.2, 0.25) is 0 Å². The van der Waals surface area contributed by atoms with Crippen molar-refractivity contribution in [2.45, 2.75) is 64.1 Å². The molecule has 0 bridgehead atoms. The molecule has 0 atom stereocenters. The van der Waals surface area contributed by atoms with E-state index in [0.717, 1.165) is 17.7 Å². The van der Waals surface area contributed by atoms with Crippen molar-refractivity contribution in [1.82, 2.24) is 9.62 Å². The molecule has 1 aromatic heterocycles. The summed E-state index contributed by atoms with van der Waals surface area (Å²) < 4.78 is 27.7. The van der Waals surface area contributed by atoms with E-state index in [1.807, 2.05) is 5.38 Å². The Morgan fingerprint density at radius 3 is 2.52 bits per heavy atom. The molecule has 6 heteroatoms. The van der Waals surface area contributed by atoms with Gasteiger partial charge in [-0.25, -0.2) is 8.42 Å². The molecule has 1 saturated carbocycles. The highest BCUT2D eigenvalue weighted by molar-refractivity contribution is 7.89. The van der Waals surface area contributed by atoms with Crippen molar-refractivity contribution in [3.63, 3.8) is 0 Å². The first-order chi connectivity index (χ1) is 9.82. The van der Waals surface area contributed by atoms with Crippen molar-refractivity contribution >= 4 is 21.4 Å². The molecular formula is C15H26N2O2S2. The summed E-state index contributed by atoms with van der Waals surface area (Å²) in [5, 5.41) is 5.19. The van der Waals surface area contributed by atoms with Crippen LogP contribution in [0.25, 0.3) is 0 Å². The molecule has 1 fully saturated rings. The monoisotopic (exact) mass is 330 g/mol. The van der Waals surface area contributed by atoms with E-state index in [2.05, 4.69) is 33.0 Å². The summed E-state index contributed by atoms with van der Waals surface area (Å²) in [5.74, 6) is 0.344. The third-order valence-corrected chi connectivity index (χ3v) is 6.51. The zero-order chi connectivity index (χ0) is 15.6. The van der Waals surface area contributed by atoms with Crippen LogP contribution in [0.3, 0.4) is 0 Å². The number of sulfonamides is 1. The Hall–Kier alpha value is -0.430. The van der Waals surface area contributed by atoms with Crippen molar-refractivity contribution in [3.8, 4) is 0 Å². The lowest BCUT2D eigenvalue weighted by molar-refractivity contribution is 0.360. The van der Waals surface area contributed by atoms with Gasteiger partial charge in [0.05, 0.1) is 4.90 Å². The molecule has 0 saturated heterocycles. The molecule has 120 valence electrons. The van der Waals surface area contributed by atoms with Gasteiger partial charge < -0.3 is 5.32 Å². The molecule has 0 aromatic carbocycles. The largest absolute Gasteiger partial charge is 0.310 e. The van der Waals surface area contributed by atoms with Crippen LogP contribution in [-0.4, -0.2) is 31.4 Å². The fourth-order valence-corrected chi connectivity index (χ4v) is 5.49.